The molecule has 144 valence electrons. The summed E-state index contributed by atoms with van der Waals surface area (Å²) >= 11 is 0. The number of methoxy groups -OCH3 is 1. The van der Waals surface area contributed by atoms with Crippen LogP contribution in [0.1, 0.15) is 18.9 Å². The smallest absolute Gasteiger partial charge is 0.224 e. The third-order valence-corrected chi connectivity index (χ3v) is 4.99. The van der Waals surface area contributed by atoms with E-state index in [-0.39, 0.29) is 11.8 Å². The molecule has 2 amide bonds. The fourth-order valence-corrected chi connectivity index (χ4v) is 3.42. The second-order valence-electron chi connectivity index (χ2n) is 6.74. The Morgan fingerprint density at radius 1 is 1.19 bits per heavy atom. The van der Waals surface area contributed by atoms with Crippen LogP contribution in [0.15, 0.2) is 24.4 Å². The minimum Gasteiger partial charge on any atom is -0.494 e. The number of rotatable bonds is 5. The van der Waals surface area contributed by atoms with Crippen LogP contribution < -0.4 is 10.1 Å². The highest BCUT2D eigenvalue weighted by Gasteiger charge is 2.22. The lowest BCUT2D eigenvalue weighted by atomic mass is 10.1. The second-order valence-corrected chi connectivity index (χ2v) is 6.74. The van der Waals surface area contributed by atoms with E-state index in [9.17, 15) is 9.59 Å². The van der Waals surface area contributed by atoms with Gasteiger partial charge in [0.1, 0.15) is 11.3 Å². The Balaban J connectivity index is 1.62. The zero-order valence-electron chi connectivity index (χ0n) is 16.1. The third kappa shape index (κ3) is 4.13. The van der Waals surface area contributed by atoms with Gasteiger partial charge >= 0.3 is 0 Å². The van der Waals surface area contributed by atoms with Crippen LogP contribution in [0.25, 0.3) is 10.9 Å². The summed E-state index contributed by atoms with van der Waals surface area (Å²) in [4.78, 5) is 31.9. The first kappa shape index (κ1) is 18.9. The molecule has 7 heteroatoms. The lowest BCUT2D eigenvalue weighted by molar-refractivity contribution is -0.138. The van der Waals surface area contributed by atoms with Crippen molar-refractivity contribution in [3.8, 4) is 5.75 Å². The van der Waals surface area contributed by atoms with Gasteiger partial charge in [0.05, 0.1) is 7.11 Å². The summed E-state index contributed by atoms with van der Waals surface area (Å²) in [5.74, 6) is 0.911. The van der Waals surface area contributed by atoms with Crippen LogP contribution in [0.5, 0.6) is 5.75 Å². The predicted molar refractivity (Wildman–Crippen MR) is 105 cm³/mol. The summed E-state index contributed by atoms with van der Waals surface area (Å²) in [6.45, 7) is 6.54. The molecule has 0 atom stereocenters. The highest BCUT2D eigenvalue weighted by molar-refractivity contribution is 5.96. The van der Waals surface area contributed by atoms with E-state index in [1.807, 2.05) is 36.2 Å². The number of fused-ring (bicyclic) bond motifs is 1. The van der Waals surface area contributed by atoms with Gasteiger partial charge in [-0.25, -0.2) is 0 Å². The van der Waals surface area contributed by atoms with E-state index in [0.29, 0.717) is 39.1 Å². The first-order chi connectivity index (χ1) is 13.0. The minimum atomic E-state index is 0.0687. The third-order valence-electron chi connectivity index (χ3n) is 4.99. The molecular weight excluding hydrogens is 344 g/mol. The van der Waals surface area contributed by atoms with Crippen LogP contribution in [0.2, 0.25) is 0 Å². The lowest BCUT2D eigenvalue weighted by Crippen LogP contribution is -2.50. The number of carbonyl (C=O) groups is 2. The molecule has 0 spiro atoms. The van der Waals surface area contributed by atoms with E-state index >= 15 is 0 Å². The van der Waals surface area contributed by atoms with Crippen LogP contribution in [0.3, 0.4) is 0 Å². The van der Waals surface area contributed by atoms with Gasteiger partial charge in [-0.1, -0.05) is 12.1 Å². The molecule has 0 unspecified atom stereocenters. The average molecular weight is 370 g/mol. The number of hydrogen-bond acceptors (Lipinski definition) is 5. The number of carbonyl (C=O) groups excluding carboxylic acids is 2. The van der Waals surface area contributed by atoms with Crippen LogP contribution in [0, 0.1) is 6.92 Å². The number of para-hydroxylation sites is 1. The molecule has 0 radical (unpaired) electrons. The van der Waals surface area contributed by atoms with Crippen molar-refractivity contribution in [2.24, 2.45) is 0 Å². The first-order valence-electron chi connectivity index (χ1n) is 9.20. The lowest BCUT2D eigenvalue weighted by Gasteiger charge is -2.34. The molecule has 2 aromatic rings. The van der Waals surface area contributed by atoms with Crippen molar-refractivity contribution in [3.63, 3.8) is 0 Å². The van der Waals surface area contributed by atoms with Gasteiger partial charge in [-0.2, -0.15) is 0 Å². The number of benzene rings is 1. The quantitative estimate of drug-likeness (QED) is 0.872. The summed E-state index contributed by atoms with van der Waals surface area (Å²) in [5.41, 5.74) is 2.81. The van der Waals surface area contributed by atoms with Gasteiger partial charge in [0.15, 0.2) is 0 Å². The maximum Gasteiger partial charge on any atom is 0.224 e. The Kier molecular flexibility index (Phi) is 5.78. The van der Waals surface area contributed by atoms with E-state index in [4.69, 9.17) is 4.74 Å². The molecule has 27 heavy (non-hydrogen) atoms. The number of aryl methyl sites for hydroxylation is 1. The number of amides is 2. The largest absolute Gasteiger partial charge is 0.494 e. The van der Waals surface area contributed by atoms with Crippen LogP contribution in [0.4, 0.5) is 5.69 Å². The number of aromatic nitrogens is 1. The molecule has 1 aliphatic rings. The summed E-state index contributed by atoms with van der Waals surface area (Å²) in [7, 11) is 1.63. The Morgan fingerprint density at radius 2 is 1.89 bits per heavy atom. The highest BCUT2D eigenvalue weighted by atomic mass is 16.5. The predicted octanol–water partition coefficient (Wildman–Crippen LogP) is 2.04. The summed E-state index contributed by atoms with van der Waals surface area (Å²) in [6.07, 6.45) is 2.23. The number of hydrogen-bond donors (Lipinski definition) is 1. The van der Waals surface area contributed by atoms with E-state index in [0.717, 1.165) is 27.9 Å². The summed E-state index contributed by atoms with van der Waals surface area (Å²) in [6, 6.07) is 5.83. The van der Waals surface area contributed by atoms with Crippen molar-refractivity contribution >= 4 is 28.4 Å². The molecule has 2 heterocycles. The Morgan fingerprint density at radius 3 is 2.56 bits per heavy atom. The number of pyridine rings is 1. The van der Waals surface area contributed by atoms with Gasteiger partial charge in [0.2, 0.25) is 11.8 Å². The van der Waals surface area contributed by atoms with Crippen LogP contribution in [-0.2, 0) is 9.59 Å². The van der Waals surface area contributed by atoms with E-state index in [1.54, 1.807) is 18.9 Å². The molecule has 0 bridgehead atoms. The van der Waals surface area contributed by atoms with Crippen LogP contribution >= 0.6 is 0 Å². The molecule has 1 aromatic carbocycles. The Hall–Kier alpha value is -2.83. The summed E-state index contributed by atoms with van der Waals surface area (Å²) in [5, 5.41) is 4.38. The zero-order chi connectivity index (χ0) is 19.4. The molecule has 1 aliphatic heterocycles. The molecule has 3 rings (SSSR count). The number of nitrogens with zero attached hydrogens (tertiary/aromatic N) is 3. The molecule has 1 fully saturated rings. The molecule has 7 nitrogen and oxygen atoms in total. The number of ether oxygens (including phenoxy) is 1. The standard InChI is InChI=1S/C20H26N4O3/c1-14-13-22-20-16(5-4-6-17(20)27-3)19(14)21-8-7-18(26)24-11-9-23(10-12-24)15(2)25/h4-6,13H,7-12H2,1-3H3,(H,21,22). The molecular formula is C20H26N4O3. The monoisotopic (exact) mass is 370 g/mol. The Bertz CT molecular complexity index is 844. The van der Waals surface area contributed by atoms with Gasteiger partial charge in [-0.05, 0) is 18.6 Å². The topological polar surface area (TPSA) is 74.8 Å². The molecule has 1 aromatic heterocycles. The average Bonchev–Trinajstić information content (AvgIpc) is 2.69. The highest BCUT2D eigenvalue weighted by Crippen LogP contribution is 2.31. The van der Waals surface area contributed by atoms with Gasteiger partial charge in [0, 0.05) is 63.3 Å². The van der Waals surface area contributed by atoms with Gasteiger partial charge in [0.25, 0.3) is 0 Å². The minimum absolute atomic E-state index is 0.0687. The zero-order valence-corrected chi connectivity index (χ0v) is 16.1. The van der Waals surface area contributed by atoms with Crippen molar-refractivity contribution in [2.75, 3.05) is 45.2 Å². The number of anilines is 1. The normalized spacial score (nSPS) is 14.3. The fraction of sp³-hybridized carbons (Fsp3) is 0.450. The van der Waals surface area contributed by atoms with Crippen molar-refractivity contribution < 1.29 is 14.3 Å². The van der Waals surface area contributed by atoms with E-state index in [2.05, 4.69) is 10.3 Å². The molecule has 0 saturated carbocycles. The van der Waals surface area contributed by atoms with Crippen LogP contribution in [-0.4, -0.2) is 66.4 Å². The molecule has 1 saturated heterocycles. The van der Waals surface area contributed by atoms with Crippen molar-refractivity contribution in [1.82, 2.24) is 14.8 Å². The fourth-order valence-electron chi connectivity index (χ4n) is 3.42. The SMILES string of the molecule is COc1cccc2c(NCCC(=O)N3CCN(C(C)=O)CC3)c(C)cnc12. The van der Waals surface area contributed by atoms with Gasteiger partial charge in [-0.3, -0.25) is 14.6 Å². The Labute approximate surface area is 159 Å². The van der Waals surface area contributed by atoms with Gasteiger partial charge < -0.3 is 19.9 Å². The maximum absolute atomic E-state index is 12.5. The van der Waals surface area contributed by atoms with E-state index < -0.39 is 0 Å². The maximum atomic E-state index is 12.5. The van der Waals surface area contributed by atoms with Crippen molar-refractivity contribution in [2.45, 2.75) is 20.3 Å². The first-order valence-corrected chi connectivity index (χ1v) is 9.20. The number of nitrogens with one attached hydrogen (secondary N) is 1. The second kappa shape index (κ2) is 8.24. The summed E-state index contributed by atoms with van der Waals surface area (Å²) < 4.78 is 5.39. The van der Waals surface area contributed by atoms with Crippen molar-refractivity contribution in [3.05, 3.63) is 30.0 Å². The van der Waals surface area contributed by atoms with E-state index in [1.165, 1.54) is 0 Å². The molecule has 0 aliphatic carbocycles. The number of piperazine rings is 1. The molecule has 1 N–H and O–H groups in total. The van der Waals surface area contributed by atoms with Crippen molar-refractivity contribution in [1.29, 1.82) is 0 Å². The van der Waals surface area contributed by atoms with Gasteiger partial charge in [-0.15, -0.1) is 0 Å².